The smallest absolute Gasteiger partial charge is 0.343 e. The maximum absolute atomic E-state index is 13.1. The van der Waals surface area contributed by atoms with Crippen molar-refractivity contribution >= 4 is 22.7 Å². The van der Waals surface area contributed by atoms with Crippen molar-refractivity contribution in [2.24, 2.45) is 0 Å². The van der Waals surface area contributed by atoms with Crippen molar-refractivity contribution in [2.75, 3.05) is 14.2 Å². The number of rotatable bonds is 5. The molecule has 0 aliphatic rings. The third kappa shape index (κ3) is 3.59. The number of carbonyl (C=O) groups excluding carboxylic acids is 2. The van der Waals surface area contributed by atoms with Crippen LogP contribution in [0.2, 0.25) is 0 Å². The second kappa shape index (κ2) is 7.96. The molecule has 0 fully saturated rings. The van der Waals surface area contributed by atoms with Crippen molar-refractivity contribution in [3.63, 3.8) is 0 Å². The molecule has 0 amide bonds. The molecule has 0 N–H and O–H groups in total. The van der Waals surface area contributed by atoms with E-state index < -0.39 is 17.8 Å². The summed E-state index contributed by atoms with van der Waals surface area (Å²) in [6.07, 6.45) is 0. The largest absolute Gasteiger partial charge is 0.490 e. The summed E-state index contributed by atoms with van der Waals surface area (Å²) in [6.45, 7) is 1.27. The summed E-state index contributed by atoms with van der Waals surface area (Å²) >= 11 is 0. The van der Waals surface area contributed by atoms with Crippen molar-refractivity contribution in [2.45, 2.75) is 6.92 Å². The van der Waals surface area contributed by atoms with Gasteiger partial charge < -0.3 is 18.9 Å². The number of halogens is 1. The molecule has 0 bridgehead atoms. The van der Waals surface area contributed by atoms with Crippen LogP contribution in [0, 0.1) is 5.82 Å². The molecular weight excluding hydrogens is 367 g/mol. The van der Waals surface area contributed by atoms with Gasteiger partial charge in [-0.2, -0.15) is 0 Å². The number of benzene rings is 3. The van der Waals surface area contributed by atoms with Crippen molar-refractivity contribution in [3.05, 3.63) is 59.9 Å². The van der Waals surface area contributed by atoms with E-state index in [4.69, 9.17) is 18.9 Å². The van der Waals surface area contributed by atoms with Crippen LogP contribution in [0.4, 0.5) is 4.39 Å². The van der Waals surface area contributed by atoms with Gasteiger partial charge in [-0.25, -0.2) is 9.18 Å². The Morgan fingerprint density at radius 1 is 0.750 bits per heavy atom. The topological polar surface area (TPSA) is 71.1 Å². The molecule has 0 radical (unpaired) electrons. The first kappa shape index (κ1) is 19.2. The maximum atomic E-state index is 13.1. The second-order valence-corrected chi connectivity index (χ2v) is 5.76. The quantitative estimate of drug-likeness (QED) is 0.486. The Kier molecular flexibility index (Phi) is 5.44. The molecule has 28 heavy (non-hydrogen) atoms. The zero-order valence-electron chi connectivity index (χ0n) is 15.4. The first-order valence-corrected chi connectivity index (χ1v) is 8.29. The molecule has 144 valence electrons. The molecule has 0 heterocycles. The first-order chi connectivity index (χ1) is 13.5. The van der Waals surface area contributed by atoms with E-state index in [2.05, 4.69) is 0 Å². The molecule has 0 saturated heterocycles. The Labute approximate surface area is 160 Å². The molecule has 3 rings (SSSR count). The van der Waals surface area contributed by atoms with Crippen LogP contribution < -0.4 is 18.9 Å². The standard InChI is InChI=1S/C21H17FO6/c1-12(23)27-17-15-6-4-5-7-16(15)18(20(26-3)19(17)25-2)28-21(24)13-8-10-14(22)11-9-13/h4-11H,1-3H3. The number of hydrogen-bond donors (Lipinski definition) is 0. The Morgan fingerprint density at radius 2 is 1.25 bits per heavy atom. The molecule has 7 heteroatoms. The SMILES string of the molecule is COc1c(OC)c(OC(=O)c2ccc(F)cc2)c2ccccc2c1OC(C)=O. The lowest BCUT2D eigenvalue weighted by molar-refractivity contribution is -0.131. The minimum Gasteiger partial charge on any atom is -0.490 e. The monoisotopic (exact) mass is 384 g/mol. The van der Waals surface area contributed by atoms with Gasteiger partial charge in [-0.3, -0.25) is 4.79 Å². The van der Waals surface area contributed by atoms with E-state index in [0.717, 1.165) is 12.1 Å². The number of hydrogen-bond acceptors (Lipinski definition) is 6. The summed E-state index contributed by atoms with van der Waals surface area (Å²) in [5, 5.41) is 0.976. The molecule has 3 aromatic carbocycles. The van der Waals surface area contributed by atoms with Gasteiger partial charge in [0.2, 0.25) is 11.5 Å². The number of fused-ring (bicyclic) bond motifs is 1. The summed E-state index contributed by atoms with van der Waals surface area (Å²) in [5.41, 5.74) is 0.163. The van der Waals surface area contributed by atoms with Crippen LogP contribution >= 0.6 is 0 Å². The fourth-order valence-electron chi connectivity index (χ4n) is 2.78. The predicted octanol–water partition coefficient (Wildman–Crippen LogP) is 4.14. The third-order valence-electron chi connectivity index (χ3n) is 3.96. The lowest BCUT2D eigenvalue weighted by atomic mass is 10.1. The number of esters is 2. The lowest BCUT2D eigenvalue weighted by Gasteiger charge is -2.19. The molecule has 0 aliphatic carbocycles. The number of ether oxygens (including phenoxy) is 4. The lowest BCUT2D eigenvalue weighted by Crippen LogP contribution is -2.11. The molecule has 0 saturated carbocycles. The summed E-state index contributed by atoms with van der Waals surface area (Å²) in [7, 11) is 2.75. The molecule has 6 nitrogen and oxygen atoms in total. The summed E-state index contributed by atoms with van der Waals surface area (Å²) in [6, 6.07) is 11.8. The maximum Gasteiger partial charge on any atom is 0.343 e. The summed E-state index contributed by atoms with van der Waals surface area (Å²) in [4.78, 5) is 24.1. The molecule has 3 aromatic rings. The summed E-state index contributed by atoms with van der Waals surface area (Å²) < 4.78 is 34.8. The van der Waals surface area contributed by atoms with E-state index >= 15 is 0 Å². The highest BCUT2D eigenvalue weighted by Gasteiger charge is 2.26. The van der Waals surface area contributed by atoms with Gasteiger partial charge >= 0.3 is 11.9 Å². The molecule has 0 atom stereocenters. The highest BCUT2D eigenvalue weighted by Crippen LogP contribution is 2.51. The van der Waals surface area contributed by atoms with E-state index in [0.29, 0.717) is 10.8 Å². The van der Waals surface area contributed by atoms with Gasteiger partial charge in [0.1, 0.15) is 5.82 Å². The van der Waals surface area contributed by atoms with Crippen LogP contribution in [0.15, 0.2) is 48.5 Å². The van der Waals surface area contributed by atoms with Crippen LogP contribution in [0.1, 0.15) is 17.3 Å². The first-order valence-electron chi connectivity index (χ1n) is 8.29. The number of carbonyl (C=O) groups is 2. The fourth-order valence-corrected chi connectivity index (χ4v) is 2.78. The molecule has 0 aliphatic heterocycles. The minimum atomic E-state index is -0.703. The van der Waals surface area contributed by atoms with Gasteiger partial charge in [0, 0.05) is 17.7 Å². The highest BCUT2D eigenvalue weighted by molar-refractivity contribution is 6.02. The van der Waals surface area contributed by atoms with Gasteiger partial charge in [0.05, 0.1) is 19.8 Å². The van der Waals surface area contributed by atoms with Crippen molar-refractivity contribution < 1.29 is 32.9 Å². The van der Waals surface area contributed by atoms with Gasteiger partial charge in [-0.1, -0.05) is 24.3 Å². The average Bonchev–Trinajstić information content (AvgIpc) is 2.69. The van der Waals surface area contributed by atoms with Gasteiger partial charge in [0.15, 0.2) is 11.5 Å². The minimum absolute atomic E-state index is 0.0907. The Morgan fingerprint density at radius 3 is 1.71 bits per heavy atom. The van der Waals surface area contributed by atoms with E-state index in [-0.39, 0.29) is 28.6 Å². The number of methoxy groups -OCH3 is 2. The molecule has 0 aromatic heterocycles. The van der Waals surface area contributed by atoms with Gasteiger partial charge in [-0.15, -0.1) is 0 Å². The van der Waals surface area contributed by atoms with Crippen LogP contribution in [-0.4, -0.2) is 26.2 Å². The fraction of sp³-hybridized carbons (Fsp3) is 0.143. The third-order valence-corrected chi connectivity index (χ3v) is 3.96. The van der Waals surface area contributed by atoms with Crippen LogP contribution in [0.5, 0.6) is 23.0 Å². The van der Waals surface area contributed by atoms with Crippen LogP contribution in [0.25, 0.3) is 10.8 Å². The van der Waals surface area contributed by atoms with E-state index in [1.807, 2.05) is 0 Å². The Hall–Kier alpha value is -3.61. The van der Waals surface area contributed by atoms with E-state index in [1.54, 1.807) is 24.3 Å². The second-order valence-electron chi connectivity index (χ2n) is 5.76. The van der Waals surface area contributed by atoms with Crippen molar-refractivity contribution in [1.82, 2.24) is 0 Å². The van der Waals surface area contributed by atoms with Crippen molar-refractivity contribution in [3.8, 4) is 23.0 Å². The zero-order valence-corrected chi connectivity index (χ0v) is 15.4. The van der Waals surface area contributed by atoms with Gasteiger partial charge in [-0.05, 0) is 24.3 Å². The zero-order chi connectivity index (χ0) is 20.3. The Bertz CT molecular complexity index is 1040. The normalized spacial score (nSPS) is 10.4. The molecular formula is C21H17FO6. The summed E-state index contributed by atoms with van der Waals surface area (Å²) in [5.74, 6) is -1.25. The average molecular weight is 384 g/mol. The highest BCUT2D eigenvalue weighted by atomic mass is 19.1. The predicted molar refractivity (Wildman–Crippen MR) is 99.7 cm³/mol. The van der Waals surface area contributed by atoms with E-state index in [9.17, 15) is 14.0 Å². The Balaban J connectivity index is 2.19. The van der Waals surface area contributed by atoms with Crippen LogP contribution in [-0.2, 0) is 4.79 Å². The van der Waals surface area contributed by atoms with Crippen molar-refractivity contribution in [1.29, 1.82) is 0 Å². The van der Waals surface area contributed by atoms with Gasteiger partial charge in [0.25, 0.3) is 0 Å². The molecule has 0 unspecified atom stereocenters. The van der Waals surface area contributed by atoms with Crippen LogP contribution in [0.3, 0.4) is 0 Å². The molecule has 0 spiro atoms. The van der Waals surface area contributed by atoms with E-state index in [1.165, 1.54) is 33.3 Å².